The molecule has 2 unspecified atom stereocenters. The monoisotopic (exact) mass is 177 g/mol. The van der Waals surface area contributed by atoms with Gasteiger partial charge in [-0.3, -0.25) is 4.79 Å². The fourth-order valence-corrected chi connectivity index (χ4v) is 0.909. The maximum Gasteiger partial charge on any atom is 0.305 e. The second kappa shape index (κ2) is 5.93. The Hall–Kier alpha value is -0.650. The molecule has 12 heavy (non-hydrogen) atoms. The lowest BCUT2D eigenvalue weighted by Crippen LogP contribution is -2.22. The molecular weight excluding hydrogens is 162 g/mol. The molecule has 0 saturated heterocycles. The lowest BCUT2D eigenvalue weighted by molar-refractivity contribution is -0.139. The molecule has 5 N–H and O–H groups in total. The maximum atomic E-state index is 10.1. The fourth-order valence-electron chi connectivity index (χ4n) is 0.909. The number of rotatable bonds is 6. The number of nitrogens with two attached hydrogens (primary N) is 1. The Morgan fingerprint density at radius 3 is 2.33 bits per heavy atom. The molecule has 0 spiro atoms. The van der Waals surface area contributed by atoms with Gasteiger partial charge in [0.2, 0.25) is 0 Å². The third-order valence-electron chi connectivity index (χ3n) is 1.45. The zero-order chi connectivity index (χ0) is 9.56. The standard InChI is InChI=1S/C7H15NO4/c8-2-1-5(9)3-6(10)4-7(11)12/h5-6,9-10H,1-4,8H2,(H,11,12). The first kappa shape index (κ1) is 11.4. The lowest BCUT2D eigenvalue weighted by atomic mass is 10.1. The van der Waals surface area contributed by atoms with Gasteiger partial charge in [-0.2, -0.15) is 0 Å². The summed E-state index contributed by atoms with van der Waals surface area (Å²) in [4.78, 5) is 10.1. The molecule has 0 heterocycles. The van der Waals surface area contributed by atoms with Crippen molar-refractivity contribution in [2.75, 3.05) is 6.54 Å². The van der Waals surface area contributed by atoms with Gasteiger partial charge in [-0.25, -0.2) is 0 Å². The van der Waals surface area contributed by atoms with Gasteiger partial charge in [-0.1, -0.05) is 0 Å². The van der Waals surface area contributed by atoms with Crippen LogP contribution in [0.1, 0.15) is 19.3 Å². The van der Waals surface area contributed by atoms with Crippen molar-refractivity contribution in [2.45, 2.75) is 31.5 Å². The topological polar surface area (TPSA) is 104 Å². The molecule has 0 saturated carbocycles. The summed E-state index contributed by atoms with van der Waals surface area (Å²) in [6, 6.07) is 0. The van der Waals surface area contributed by atoms with Crippen LogP contribution in [-0.4, -0.2) is 40.0 Å². The number of carbonyl (C=O) groups is 1. The lowest BCUT2D eigenvalue weighted by Gasteiger charge is -2.12. The van der Waals surface area contributed by atoms with E-state index >= 15 is 0 Å². The fraction of sp³-hybridized carbons (Fsp3) is 0.857. The number of hydrogen-bond donors (Lipinski definition) is 4. The highest BCUT2D eigenvalue weighted by molar-refractivity contribution is 5.67. The van der Waals surface area contributed by atoms with E-state index in [2.05, 4.69) is 0 Å². The van der Waals surface area contributed by atoms with Crippen molar-refractivity contribution in [1.82, 2.24) is 0 Å². The Bertz CT molecular complexity index is 139. The van der Waals surface area contributed by atoms with Crippen LogP contribution in [0.2, 0.25) is 0 Å². The molecule has 5 nitrogen and oxygen atoms in total. The van der Waals surface area contributed by atoms with Crippen molar-refractivity contribution >= 4 is 5.97 Å². The second-order valence-corrected chi connectivity index (χ2v) is 2.72. The van der Waals surface area contributed by atoms with Gasteiger partial charge in [0.1, 0.15) is 0 Å². The summed E-state index contributed by atoms with van der Waals surface area (Å²) < 4.78 is 0. The van der Waals surface area contributed by atoms with E-state index in [1.165, 1.54) is 0 Å². The minimum Gasteiger partial charge on any atom is -0.481 e. The summed E-state index contributed by atoms with van der Waals surface area (Å²) in [6.07, 6.45) is -1.56. The summed E-state index contributed by atoms with van der Waals surface area (Å²) in [7, 11) is 0. The molecule has 0 aliphatic heterocycles. The van der Waals surface area contributed by atoms with E-state index in [1.807, 2.05) is 0 Å². The zero-order valence-electron chi connectivity index (χ0n) is 6.81. The number of aliphatic carboxylic acids is 1. The first-order chi connectivity index (χ1) is 5.56. The van der Waals surface area contributed by atoms with Crippen LogP contribution in [0.4, 0.5) is 0 Å². The predicted molar refractivity (Wildman–Crippen MR) is 42.6 cm³/mol. The SMILES string of the molecule is NCCC(O)CC(O)CC(=O)O. The average molecular weight is 177 g/mol. The summed E-state index contributed by atoms with van der Waals surface area (Å²) >= 11 is 0. The van der Waals surface area contributed by atoms with Crippen molar-refractivity contribution in [3.05, 3.63) is 0 Å². The van der Waals surface area contributed by atoms with Gasteiger partial charge in [0.25, 0.3) is 0 Å². The molecule has 0 aliphatic carbocycles. The first-order valence-corrected chi connectivity index (χ1v) is 3.84. The Kier molecular flexibility index (Phi) is 5.61. The Labute approximate surface area is 70.8 Å². The van der Waals surface area contributed by atoms with E-state index in [-0.39, 0.29) is 12.8 Å². The molecule has 0 bridgehead atoms. The van der Waals surface area contributed by atoms with Gasteiger partial charge < -0.3 is 21.1 Å². The molecule has 0 fully saturated rings. The molecule has 0 aromatic carbocycles. The van der Waals surface area contributed by atoms with Crippen molar-refractivity contribution in [3.8, 4) is 0 Å². The Balaban J connectivity index is 3.53. The molecule has 0 amide bonds. The van der Waals surface area contributed by atoms with Crippen molar-refractivity contribution in [2.24, 2.45) is 5.73 Å². The van der Waals surface area contributed by atoms with Crippen LogP contribution in [0.5, 0.6) is 0 Å². The molecule has 0 aromatic rings. The molecule has 0 rings (SSSR count). The van der Waals surface area contributed by atoms with E-state index in [0.29, 0.717) is 13.0 Å². The highest BCUT2D eigenvalue weighted by Crippen LogP contribution is 2.04. The number of hydrogen-bond acceptors (Lipinski definition) is 4. The van der Waals surface area contributed by atoms with E-state index in [1.54, 1.807) is 0 Å². The van der Waals surface area contributed by atoms with Crippen LogP contribution in [0, 0.1) is 0 Å². The average Bonchev–Trinajstić information content (AvgIpc) is 1.84. The largest absolute Gasteiger partial charge is 0.481 e. The number of aliphatic hydroxyl groups is 2. The number of aliphatic hydroxyl groups excluding tert-OH is 2. The smallest absolute Gasteiger partial charge is 0.305 e. The van der Waals surface area contributed by atoms with E-state index in [9.17, 15) is 4.79 Å². The molecule has 0 aliphatic rings. The highest BCUT2D eigenvalue weighted by Gasteiger charge is 2.13. The van der Waals surface area contributed by atoms with Crippen molar-refractivity contribution in [3.63, 3.8) is 0 Å². The van der Waals surface area contributed by atoms with Crippen molar-refractivity contribution < 1.29 is 20.1 Å². The van der Waals surface area contributed by atoms with Crippen LogP contribution in [-0.2, 0) is 4.79 Å². The summed E-state index contributed by atoms with van der Waals surface area (Å²) in [5.74, 6) is -1.07. The minimum atomic E-state index is -1.07. The Morgan fingerprint density at radius 2 is 1.92 bits per heavy atom. The maximum absolute atomic E-state index is 10.1. The zero-order valence-corrected chi connectivity index (χ0v) is 6.81. The second-order valence-electron chi connectivity index (χ2n) is 2.72. The van der Waals surface area contributed by atoms with Crippen LogP contribution in [0.25, 0.3) is 0 Å². The minimum absolute atomic E-state index is 0.0729. The molecular formula is C7H15NO4. The summed E-state index contributed by atoms with van der Waals surface area (Å²) in [6.45, 7) is 0.334. The first-order valence-electron chi connectivity index (χ1n) is 3.84. The molecule has 72 valence electrons. The van der Waals surface area contributed by atoms with Crippen LogP contribution < -0.4 is 5.73 Å². The molecule has 2 atom stereocenters. The predicted octanol–water partition coefficient (Wildman–Crippen LogP) is -1.08. The quantitative estimate of drug-likeness (QED) is 0.413. The summed E-state index contributed by atoms with van der Waals surface area (Å²) in [5, 5.41) is 26.4. The normalized spacial score (nSPS) is 15.6. The van der Waals surface area contributed by atoms with Crippen LogP contribution in [0.15, 0.2) is 0 Å². The van der Waals surface area contributed by atoms with Gasteiger partial charge in [-0.05, 0) is 19.4 Å². The van der Waals surface area contributed by atoms with Crippen LogP contribution >= 0.6 is 0 Å². The van der Waals surface area contributed by atoms with E-state index < -0.39 is 18.2 Å². The van der Waals surface area contributed by atoms with Gasteiger partial charge in [0.05, 0.1) is 18.6 Å². The third-order valence-corrected chi connectivity index (χ3v) is 1.45. The molecule has 0 aromatic heterocycles. The van der Waals surface area contributed by atoms with Gasteiger partial charge in [-0.15, -0.1) is 0 Å². The highest BCUT2D eigenvalue weighted by atomic mass is 16.4. The molecule has 5 heteroatoms. The molecule has 0 radical (unpaired) electrons. The van der Waals surface area contributed by atoms with Gasteiger partial charge >= 0.3 is 5.97 Å². The number of carboxylic acid groups (broad SMARTS) is 1. The third kappa shape index (κ3) is 6.09. The van der Waals surface area contributed by atoms with E-state index in [4.69, 9.17) is 21.1 Å². The van der Waals surface area contributed by atoms with Gasteiger partial charge in [0.15, 0.2) is 0 Å². The Morgan fingerprint density at radius 1 is 1.33 bits per heavy atom. The van der Waals surface area contributed by atoms with E-state index in [0.717, 1.165) is 0 Å². The van der Waals surface area contributed by atoms with Crippen molar-refractivity contribution in [1.29, 1.82) is 0 Å². The number of carboxylic acids is 1. The van der Waals surface area contributed by atoms with Gasteiger partial charge in [0, 0.05) is 0 Å². The summed E-state index contributed by atoms with van der Waals surface area (Å²) in [5.41, 5.74) is 5.15. The van der Waals surface area contributed by atoms with Crippen LogP contribution in [0.3, 0.4) is 0 Å².